The Kier molecular flexibility index (Phi) is 3.99. The van der Waals surface area contributed by atoms with Crippen molar-refractivity contribution in [3.8, 4) is 0 Å². The van der Waals surface area contributed by atoms with Gasteiger partial charge in [-0.2, -0.15) is 0 Å². The van der Waals surface area contributed by atoms with Gasteiger partial charge >= 0.3 is 0 Å². The van der Waals surface area contributed by atoms with E-state index in [1.807, 2.05) is 0 Å². The van der Waals surface area contributed by atoms with Gasteiger partial charge in [0, 0.05) is 37.1 Å². The molecule has 0 radical (unpaired) electrons. The topological polar surface area (TPSA) is 28.2 Å². The molecule has 2 heterocycles. The summed E-state index contributed by atoms with van der Waals surface area (Å²) in [6.45, 7) is 7.67. The highest BCUT2D eigenvalue weighted by Gasteiger charge is 2.24. The summed E-state index contributed by atoms with van der Waals surface area (Å²) in [7, 11) is 0. The quantitative estimate of drug-likeness (QED) is 0.928. The highest BCUT2D eigenvalue weighted by atomic mass is 15.2. The largest absolute Gasteiger partial charge is 0.311 e. The fourth-order valence-electron chi connectivity index (χ4n) is 3.03. The summed E-state index contributed by atoms with van der Waals surface area (Å²) in [5.74, 6) is 0. The van der Waals surface area contributed by atoms with Crippen molar-refractivity contribution in [2.24, 2.45) is 0 Å². The first kappa shape index (κ1) is 13.5. The minimum absolute atomic E-state index is 0.568. The number of fused-ring (bicyclic) bond motifs is 1. The van der Waals surface area contributed by atoms with Crippen molar-refractivity contribution in [2.75, 3.05) is 13.1 Å². The molecule has 0 bridgehead atoms. The number of aromatic nitrogens is 1. The maximum Gasteiger partial charge on any atom is 0.0705 e. The molecule has 20 heavy (non-hydrogen) atoms. The first-order valence-electron chi connectivity index (χ1n) is 7.58. The second kappa shape index (κ2) is 5.90. The van der Waals surface area contributed by atoms with Crippen LogP contribution in [0.4, 0.5) is 0 Å². The molecule has 106 valence electrons. The van der Waals surface area contributed by atoms with Crippen molar-refractivity contribution in [1.82, 2.24) is 15.2 Å². The molecule has 0 amide bonds. The summed E-state index contributed by atoms with van der Waals surface area (Å²) in [4.78, 5) is 7.37. The molecule has 1 aromatic carbocycles. The van der Waals surface area contributed by atoms with Crippen molar-refractivity contribution < 1.29 is 0 Å². The Morgan fingerprint density at radius 2 is 2.10 bits per heavy atom. The van der Waals surface area contributed by atoms with Crippen molar-refractivity contribution in [3.05, 3.63) is 42.1 Å². The van der Waals surface area contributed by atoms with Crippen LogP contribution in [-0.4, -0.2) is 35.1 Å². The zero-order valence-corrected chi connectivity index (χ0v) is 12.3. The number of pyridine rings is 1. The SMILES string of the molecule is CCC1CNC(C)CN1Cc1ccc2ccccc2n1. The van der Waals surface area contributed by atoms with E-state index in [1.165, 1.54) is 17.5 Å². The van der Waals surface area contributed by atoms with Crippen molar-refractivity contribution in [2.45, 2.75) is 38.9 Å². The minimum Gasteiger partial charge on any atom is -0.311 e. The summed E-state index contributed by atoms with van der Waals surface area (Å²) in [6, 6.07) is 13.9. The molecule has 1 fully saturated rings. The predicted octanol–water partition coefficient (Wildman–Crippen LogP) is 2.81. The first-order valence-corrected chi connectivity index (χ1v) is 7.58. The molecule has 3 heteroatoms. The Labute approximate surface area is 121 Å². The normalized spacial score (nSPS) is 24.1. The standard InChI is InChI=1S/C17H23N3/c1-3-16-10-18-13(2)11-20(16)12-15-9-8-14-6-4-5-7-17(14)19-15/h4-9,13,16,18H,3,10-12H2,1-2H3. The van der Waals surface area contributed by atoms with Gasteiger partial charge in [-0.1, -0.05) is 31.2 Å². The van der Waals surface area contributed by atoms with E-state index in [4.69, 9.17) is 4.98 Å². The smallest absolute Gasteiger partial charge is 0.0705 e. The minimum atomic E-state index is 0.568. The Hall–Kier alpha value is -1.45. The maximum atomic E-state index is 4.80. The fraction of sp³-hybridized carbons (Fsp3) is 0.471. The molecule has 3 rings (SSSR count). The number of benzene rings is 1. The molecule has 1 aliphatic heterocycles. The lowest BCUT2D eigenvalue weighted by molar-refractivity contribution is 0.123. The van der Waals surface area contributed by atoms with Crippen LogP contribution in [0.25, 0.3) is 10.9 Å². The van der Waals surface area contributed by atoms with Crippen LogP contribution in [0.15, 0.2) is 36.4 Å². The molecule has 2 unspecified atom stereocenters. The molecule has 0 saturated carbocycles. The number of piperazine rings is 1. The first-order chi connectivity index (χ1) is 9.76. The molecule has 3 nitrogen and oxygen atoms in total. The lowest BCUT2D eigenvalue weighted by Crippen LogP contribution is -2.54. The maximum absolute atomic E-state index is 4.80. The van der Waals surface area contributed by atoms with Crippen LogP contribution in [0.3, 0.4) is 0 Å². The zero-order chi connectivity index (χ0) is 13.9. The van der Waals surface area contributed by atoms with Gasteiger partial charge < -0.3 is 5.32 Å². The van der Waals surface area contributed by atoms with Gasteiger partial charge in [-0.25, -0.2) is 0 Å². The Morgan fingerprint density at radius 3 is 2.95 bits per heavy atom. The van der Waals surface area contributed by atoms with Crippen LogP contribution in [0.2, 0.25) is 0 Å². The van der Waals surface area contributed by atoms with Crippen LogP contribution in [-0.2, 0) is 6.54 Å². The highest BCUT2D eigenvalue weighted by Crippen LogP contribution is 2.16. The van der Waals surface area contributed by atoms with Crippen molar-refractivity contribution >= 4 is 10.9 Å². The molecular formula is C17H23N3. The number of nitrogens with zero attached hydrogens (tertiary/aromatic N) is 2. The van der Waals surface area contributed by atoms with E-state index in [1.54, 1.807) is 0 Å². The van der Waals surface area contributed by atoms with Gasteiger partial charge in [0.25, 0.3) is 0 Å². The van der Waals surface area contributed by atoms with Crippen LogP contribution in [0.1, 0.15) is 26.0 Å². The average molecular weight is 269 g/mol. The average Bonchev–Trinajstić information content (AvgIpc) is 2.47. The number of hydrogen-bond donors (Lipinski definition) is 1. The molecule has 0 spiro atoms. The van der Waals surface area contributed by atoms with Gasteiger partial charge in [0.1, 0.15) is 0 Å². The van der Waals surface area contributed by atoms with Gasteiger partial charge in [-0.05, 0) is 25.5 Å². The van der Waals surface area contributed by atoms with Gasteiger partial charge in [0.2, 0.25) is 0 Å². The van der Waals surface area contributed by atoms with E-state index in [0.717, 1.165) is 25.2 Å². The van der Waals surface area contributed by atoms with E-state index < -0.39 is 0 Å². The summed E-state index contributed by atoms with van der Waals surface area (Å²) < 4.78 is 0. The molecule has 0 aliphatic carbocycles. The number of hydrogen-bond acceptors (Lipinski definition) is 3. The summed E-state index contributed by atoms with van der Waals surface area (Å²) in [5, 5.41) is 4.79. The van der Waals surface area contributed by atoms with Gasteiger partial charge in [0.15, 0.2) is 0 Å². The van der Waals surface area contributed by atoms with E-state index in [2.05, 4.69) is 60.5 Å². The van der Waals surface area contributed by atoms with Crippen molar-refractivity contribution in [3.63, 3.8) is 0 Å². The Bertz CT molecular complexity index is 581. The van der Waals surface area contributed by atoms with Crippen LogP contribution in [0, 0.1) is 0 Å². The third-order valence-corrected chi connectivity index (χ3v) is 4.22. The molecule has 1 N–H and O–H groups in total. The van der Waals surface area contributed by atoms with Gasteiger partial charge in [0.05, 0.1) is 11.2 Å². The predicted molar refractivity (Wildman–Crippen MR) is 83.7 cm³/mol. The molecule has 2 aromatic rings. The lowest BCUT2D eigenvalue weighted by Gasteiger charge is -2.38. The third kappa shape index (κ3) is 2.84. The monoisotopic (exact) mass is 269 g/mol. The molecule has 1 saturated heterocycles. The fourth-order valence-corrected chi connectivity index (χ4v) is 3.03. The Morgan fingerprint density at radius 1 is 1.25 bits per heavy atom. The third-order valence-electron chi connectivity index (χ3n) is 4.22. The van der Waals surface area contributed by atoms with Crippen LogP contribution >= 0.6 is 0 Å². The number of rotatable bonds is 3. The molecular weight excluding hydrogens is 246 g/mol. The van der Waals surface area contributed by atoms with Gasteiger partial charge in [-0.3, -0.25) is 9.88 Å². The van der Waals surface area contributed by atoms with E-state index >= 15 is 0 Å². The summed E-state index contributed by atoms with van der Waals surface area (Å²) in [6.07, 6.45) is 1.19. The van der Waals surface area contributed by atoms with Gasteiger partial charge in [-0.15, -0.1) is 0 Å². The molecule has 1 aliphatic rings. The molecule has 1 aromatic heterocycles. The number of para-hydroxylation sites is 1. The highest BCUT2D eigenvalue weighted by molar-refractivity contribution is 5.78. The number of nitrogens with one attached hydrogen (secondary N) is 1. The lowest BCUT2D eigenvalue weighted by atomic mass is 10.1. The summed E-state index contributed by atoms with van der Waals surface area (Å²) in [5.41, 5.74) is 2.28. The molecule has 2 atom stereocenters. The van der Waals surface area contributed by atoms with Crippen molar-refractivity contribution in [1.29, 1.82) is 0 Å². The zero-order valence-electron chi connectivity index (χ0n) is 12.3. The summed E-state index contributed by atoms with van der Waals surface area (Å²) >= 11 is 0. The van der Waals surface area contributed by atoms with E-state index in [-0.39, 0.29) is 0 Å². The van der Waals surface area contributed by atoms with Crippen LogP contribution in [0.5, 0.6) is 0 Å². The van der Waals surface area contributed by atoms with E-state index in [0.29, 0.717) is 12.1 Å². The van der Waals surface area contributed by atoms with E-state index in [9.17, 15) is 0 Å². The second-order valence-corrected chi connectivity index (χ2v) is 5.80. The second-order valence-electron chi connectivity index (χ2n) is 5.80. The van der Waals surface area contributed by atoms with Crippen LogP contribution < -0.4 is 5.32 Å². The Balaban J connectivity index is 1.80.